The maximum atomic E-state index is 15.1. The van der Waals surface area contributed by atoms with Gasteiger partial charge in [-0.3, -0.25) is 0 Å². The highest BCUT2D eigenvalue weighted by atomic mass is 19.2. The molecule has 4 heteroatoms. The third-order valence-corrected chi connectivity index (χ3v) is 7.86. The predicted molar refractivity (Wildman–Crippen MR) is 155 cm³/mol. The van der Waals surface area contributed by atoms with Gasteiger partial charge in [-0.15, -0.1) is 0 Å². The van der Waals surface area contributed by atoms with E-state index in [0.29, 0.717) is 42.1 Å². The third kappa shape index (κ3) is 7.63. The van der Waals surface area contributed by atoms with Crippen molar-refractivity contribution < 1.29 is 17.9 Å². The van der Waals surface area contributed by atoms with Gasteiger partial charge in [0.2, 0.25) is 0 Å². The molecule has 208 valence electrons. The molecular weight excluding hydrogens is 493 g/mol. The summed E-state index contributed by atoms with van der Waals surface area (Å²) in [5, 5.41) is 0. The zero-order chi connectivity index (χ0) is 27.6. The van der Waals surface area contributed by atoms with Crippen molar-refractivity contribution in [2.75, 3.05) is 6.61 Å². The quantitative estimate of drug-likeness (QED) is 0.166. The van der Waals surface area contributed by atoms with Gasteiger partial charge >= 0.3 is 0 Å². The molecule has 0 bridgehead atoms. The largest absolute Gasteiger partial charge is 0.373 e. The van der Waals surface area contributed by atoms with Gasteiger partial charge in [0.15, 0.2) is 11.6 Å². The smallest absolute Gasteiger partial charge is 0.166 e. The number of ether oxygens (including phenoxy) is 1. The van der Waals surface area contributed by atoms with Crippen LogP contribution in [-0.2, 0) is 11.2 Å². The number of unbranched alkanes of at least 4 members (excludes halogenated alkanes) is 3. The van der Waals surface area contributed by atoms with E-state index in [4.69, 9.17) is 4.74 Å². The number of aryl methyl sites for hydroxylation is 1. The minimum Gasteiger partial charge on any atom is -0.373 e. The van der Waals surface area contributed by atoms with E-state index in [2.05, 4.69) is 6.92 Å². The zero-order valence-electron chi connectivity index (χ0n) is 23.3. The average molecular weight is 535 g/mol. The van der Waals surface area contributed by atoms with Gasteiger partial charge < -0.3 is 4.74 Å². The summed E-state index contributed by atoms with van der Waals surface area (Å²) in [6.07, 6.45) is 14.1. The van der Waals surface area contributed by atoms with E-state index in [1.807, 2.05) is 43.3 Å². The Morgan fingerprint density at radius 3 is 2.26 bits per heavy atom. The Kier molecular flexibility index (Phi) is 10.8. The number of rotatable bonds is 12. The molecule has 2 unspecified atom stereocenters. The average Bonchev–Trinajstić information content (AvgIpc) is 2.96. The minimum atomic E-state index is -0.828. The lowest BCUT2D eigenvalue weighted by Gasteiger charge is -2.29. The monoisotopic (exact) mass is 534 g/mol. The fraction of sp³-hybridized carbons (Fsp3) is 0.429. The molecule has 39 heavy (non-hydrogen) atoms. The Bertz CT molecular complexity index is 1220. The van der Waals surface area contributed by atoms with Crippen LogP contribution in [0.3, 0.4) is 0 Å². The molecule has 0 aromatic heterocycles. The number of halogens is 3. The van der Waals surface area contributed by atoms with Crippen LogP contribution in [0.25, 0.3) is 22.3 Å². The van der Waals surface area contributed by atoms with E-state index in [1.165, 1.54) is 32.1 Å². The fourth-order valence-electron chi connectivity index (χ4n) is 5.48. The van der Waals surface area contributed by atoms with Gasteiger partial charge in [0.25, 0.3) is 0 Å². The molecule has 0 spiro atoms. The van der Waals surface area contributed by atoms with E-state index in [-0.39, 0.29) is 17.5 Å². The van der Waals surface area contributed by atoms with Gasteiger partial charge in [-0.2, -0.15) is 0 Å². The molecule has 0 saturated carbocycles. The Morgan fingerprint density at radius 1 is 0.795 bits per heavy atom. The first-order chi connectivity index (χ1) is 19.0. The second-order valence-electron chi connectivity index (χ2n) is 10.7. The van der Waals surface area contributed by atoms with Crippen molar-refractivity contribution in [3.05, 3.63) is 95.3 Å². The van der Waals surface area contributed by atoms with Crippen LogP contribution in [0.15, 0.2) is 66.7 Å². The van der Waals surface area contributed by atoms with Gasteiger partial charge in [0.1, 0.15) is 5.82 Å². The zero-order valence-corrected chi connectivity index (χ0v) is 23.3. The lowest BCUT2D eigenvalue weighted by atomic mass is 9.90. The summed E-state index contributed by atoms with van der Waals surface area (Å²) in [7, 11) is 0. The SMILES string of the molecule is CC/C=C/CCc1ccc(-c2ccc(-c3ccc(C4CCC(CCCCCC)CO4)c(F)c3)cc2)c(F)c1F. The van der Waals surface area contributed by atoms with Crippen LogP contribution in [0.5, 0.6) is 0 Å². The van der Waals surface area contributed by atoms with E-state index in [1.54, 1.807) is 30.3 Å². The van der Waals surface area contributed by atoms with Crippen molar-refractivity contribution in [3.63, 3.8) is 0 Å². The molecule has 1 nitrogen and oxygen atoms in total. The van der Waals surface area contributed by atoms with Gasteiger partial charge in [-0.25, -0.2) is 13.2 Å². The third-order valence-electron chi connectivity index (χ3n) is 7.86. The normalized spacial score (nSPS) is 17.7. The van der Waals surface area contributed by atoms with Crippen LogP contribution in [-0.4, -0.2) is 6.61 Å². The Hall–Kier alpha value is -2.85. The molecule has 0 N–H and O–H groups in total. The number of hydrogen-bond donors (Lipinski definition) is 0. The van der Waals surface area contributed by atoms with Gasteiger partial charge in [-0.1, -0.05) is 100 Å². The lowest BCUT2D eigenvalue weighted by Crippen LogP contribution is -2.21. The van der Waals surface area contributed by atoms with Crippen LogP contribution in [0.1, 0.15) is 88.9 Å². The van der Waals surface area contributed by atoms with Crippen molar-refractivity contribution in [1.82, 2.24) is 0 Å². The first kappa shape index (κ1) is 29.1. The molecule has 1 fully saturated rings. The minimum absolute atomic E-state index is 0.197. The molecule has 0 amide bonds. The molecule has 4 rings (SSSR count). The Balaban J connectivity index is 1.39. The van der Waals surface area contributed by atoms with Crippen LogP contribution < -0.4 is 0 Å². The Morgan fingerprint density at radius 2 is 1.56 bits per heavy atom. The number of benzene rings is 3. The molecule has 1 aliphatic heterocycles. The van der Waals surface area contributed by atoms with E-state index in [9.17, 15) is 8.78 Å². The maximum Gasteiger partial charge on any atom is 0.166 e. The molecule has 2 atom stereocenters. The van der Waals surface area contributed by atoms with Crippen molar-refractivity contribution in [1.29, 1.82) is 0 Å². The Labute approximate surface area is 232 Å². The van der Waals surface area contributed by atoms with Gasteiger partial charge in [0, 0.05) is 11.1 Å². The predicted octanol–water partition coefficient (Wildman–Crippen LogP) is 10.8. The summed E-state index contributed by atoms with van der Waals surface area (Å²) < 4.78 is 50.8. The molecule has 3 aromatic carbocycles. The van der Waals surface area contributed by atoms with Crippen molar-refractivity contribution in [2.24, 2.45) is 5.92 Å². The molecular formula is C35H41F3O. The first-order valence-corrected chi connectivity index (χ1v) is 14.7. The standard InChI is InChI=1S/C35H41F3O/c1-3-5-7-9-11-25-13-22-33(39-24-25)31-21-19-29(23-32(31)36)26-14-16-27(17-15-26)30-20-18-28(34(37)35(30)38)12-10-8-6-4-2/h6,8,14-21,23,25,33H,3-5,7,9-13,22,24H2,1-2H3/b8-6+. The summed E-state index contributed by atoms with van der Waals surface area (Å²) >= 11 is 0. The second kappa shape index (κ2) is 14.5. The first-order valence-electron chi connectivity index (χ1n) is 14.7. The van der Waals surface area contributed by atoms with Crippen LogP contribution in [0.2, 0.25) is 0 Å². The highest BCUT2D eigenvalue weighted by molar-refractivity contribution is 5.71. The van der Waals surface area contributed by atoms with Crippen molar-refractivity contribution in [3.8, 4) is 22.3 Å². The molecule has 1 saturated heterocycles. The van der Waals surface area contributed by atoms with Gasteiger partial charge in [-0.05, 0) is 72.8 Å². The van der Waals surface area contributed by atoms with Crippen LogP contribution in [0, 0.1) is 23.4 Å². The maximum absolute atomic E-state index is 15.1. The lowest BCUT2D eigenvalue weighted by molar-refractivity contribution is -0.0215. The highest BCUT2D eigenvalue weighted by Gasteiger charge is 2.25. The van der Waals surface area contributed by atoms with E-state index >= 15 is 4.39 Å². The summed E-state index contributed by atoms with van der Waals surface area (Å²) in [6, 6.07) is 15.8. The summed E-state index contributed by atoms with van der Waals surface area (Å²) in [5.74, 6) is -1.30. The second-order valence-corrected chi connectivity index (χ2v) is 10.7. The molecule has 0 radical (unpaired) electrons. The molecule has 3 aromatic rings. The van der Waals surface area contributed by atoms with Gasteiger partial charge in [0.05, 0.1) is 12.7 Å². The van der Waals surface area contributed by atoms with Crippen LogP contribution in [0.4, 0.5) is 13.2 Å². The van der Waals surface area contributed by atoms with Crippen LogP contribution >= 0.6 is 0 Å². The topological polar surface area (TPSA) is 9.23 Å². The number of hydrogen-bond acceptors (Lipinski definition) is 1. The molecule has 0 aliphatic carbocycles. The van der Waals surface area contributed by atoms with Crippen molar-refractivity contribution >= 4 is 0 Å². The number of allylic oxidation sites excluding steroid dienone is 2. The molecule has 1 heterocycles. The van der Waals surface area contributed by atoms with E-state index in [0.717, 1.165) is 30.4 Å². The summed E-state index contributed by atoms with van der Waals surface area (Å²) in [5.41, 5.74) is 3.38. The summed E-state index contributed by atoms with van der Waals surface area (Å²) in [4.78, 5) is 0. The highest BCUT2D eigenvalue weighted by Crippen LogP contribution is 2.36. The fourth-order valence-corrected chi connectivity index (χ4v) is 5.48. The summed E-state index contributed by atoms with van der Waals surface area (Å²) in [6.45, 7) is 4.97. The molecule has 1 aliphatic rings. The van der Waals surface area contributed by atoms with E-state index < -0.39 is 11.6 Å². The van der Waals surface area contributed by atoms with Crippen molar-refractivity contribution in [2.45, 2.75) is 84.2 Å².